The molecule has 1 aliphatic rings. The van der Waals surface area contributed by atoms with E-state index in [1.54, 1.807) is 6.07 Å². The van der Waals surface area contributed by atoms with Crippen LogP contribution in [0, 0.1) is 5.82 Å². The van der Waals surface area contributed by atoms with E-state index >= 15 is 0 Å². The average Bonchev–Trinajstić information content (AvgIpc) is 3.05. The van der Waals surface area contributed by atoms with Gasteiger partial charge >= 0.3 is 0 Å². The number of ether oxygens (including phenoxy) is 1. The van der Waals surface area contributed by atoms with Crippen LogP contribution in [0.2, 0.25) is 0 Å². The highest BCUT2D eigenvalue weighted by Crippen LogP contribution is 2.20. The van der Waals surface area contributed by atoms with Gasteiger partial charge in [-0.3, -0.25) is 4.79 Å². The van der Waals surface area contributed by atoms with Crippen LogP contribution in [-0.4, -0.2) is 18.6 Å². The zero-order valence-electron chi connectivity index (χ0n) is 9.41. The minimum absolute atomic E-state index is 0.0525. The zero-order valence-corrected chi connectivity index (χ0v) is 9.41. The van der Waals surface area contributed by atoms with Gasteiger partial charge in [0.05, 0.1) is 13.0 Å². The molecule has 0 saturated heterocycles. The molecule has 3 N–H and O–H groups in total. The van der Waals surface area contributed by atoms with Crippen LogP contribution in [0.4, 0.5) is 10.1 Å². The van der Waals surface area contributed by atoms with Gasteiger partial charge in [0, 0.05) is 17.8 Å². The molecular weight excluding hydrogens is 223 g/mol. The first-order chi connectivity index (χ1) is 8.15. The molecule has 1 saturated carbocycles. The summed E-state index contributed by atoms with van der Waals surface area (Å²) in [5, 5.41) is 2.83. The molecule has 0 spiro atoms. The van der Waals surface area contributed by atoms with Crippen molar-refractivity contribution in [2.75, 3.05) is 12.3 Å². The minimum Gasteiger partial charge on any atom is -0.490 e. The second-order valence-electron chi connectivity index (χ2n) is 4.13. The molecule has 4 nitrogen and oxygen atoms in total. The van der Waals surface area contributed by atoms with Crippen molar-refractivity contribution in [2.45, 2.75) is 25.3 Å². The van der Waals surface area contributed by atoms with Crippen molar-refractivity contribution < 1.29 is 13.9 Å². The summed E-state index contributed by atoms with van der Waals surface area (Å²) in [6.45, 7) is 0.166. The summed E-state index contributed by atoms with van der Waals surface area (Å²) in [5.74, 6) is -0.436. The monoisotopic (exact) mass is 238 g/mol. The van der Waals surface area contributed by atoms with Gasteiger partial charge in [0.1, 0.15) is 0 Å². The summed E-state index contributed by atoms with van der Waals surface area (Å²) in [6.07, 6.45) is 2.35. The summed E-state index contributed by atoms with van der Waals surface area (Å²) >= 11 is 0. The molecule has 0 bridgehead atoms. The summed E-state index contributed by atoms with van der Waals surface area (Å²) in [7, 11) is 0. The van der Waals surface area contributed by atoms with E-state index in [2.05, 4.69) is 5.32 Å². The van der Waals surface area contributed by atoms with Gasteiger partial charge in [0.25, 0.3) is 0 Å². The highest BCUT2D eigenvalue weighted by atomic mass is 19.1. The number of hydrogen-bond donors (Lipinski definition) is 2. The number of carbonyl (C=O) groups is 1. The zero-order chi connectivity index (χ0) is 12.3. The molecular formula is C12H15FN2O2. The Morgan fingerprint density at radius 1 is 1.53 bits per heavy atom. The number of halogens is 1. The molecule has 0 radical (unpaired) electrons. The lowest BCUT2D eigenvalue weighted by Gasteiger charge is -2.07. The van der Waals surface area contributed by atoms with E-state index in [1.807, 2.05) is 0 Å². The van der Waals surface area contributed by atoms with Gasteiger partial charge in [0.2, 0.25) is 5.91 Å². The second kappa shape index (κ2) is 5.03. The third kappa shape index (κ3) is 3.62. The number of benzene rings is 1. The highest BCUT2D eigenvalue weighted by molar-refractivity contribution is 5.76. The summed E-state index contributed by atoms with van der Waals surface area (Å²) < 4.78 is 18.5. The third-order valence-corrected chi connectivity index (χ3v) is 2.49. The van der Waals surface area contributed by atoms with Crippen LogP contribution in [0.5, 0.6) is 5.75 Å². The largest absolute Gasteiger partial charge is 0.490 e. The molecule has 0 aliphatic heterocycles. The third-order valence-electron chi connectivity index (χ3n) is 2.49. The van der Waals surface area contributed by atoms with Crippen molar-refractivity contribution in [1.82, 2.24) is 5.32 Å². The van der Waals surface area contributed by atoms with Crippen molar-refractivity contribution >= 4 is 11.6 Å². The fraction of sp³-hybridized carbons (Fsp3) is 0.417. The Balaban J connectivity index is 1.75. The summed E-state index contributed by atoms with van der Waals surface area (Å²) in [4.78, 5) is 11.3. The van der Waals surface area contributed by atoms with Gasteiger partial charge in [0.15, 0.2) is 11.6 Å². The van der Waals surface area contributed by atoms with Gasteiger partial charge in [-0.15, -0.1) is 0 Å². The van der Waals surface area contributed by atoms with Gasteiger partial charge in [-0.05, 0) is 25.0 Å². The van der Waals surface area contributed by atoms with E-state index in [0.29, 0.717) is 11.7 Å². The Hall–Kier alpha value is -1.78. The lowest BCUT2D eigenvalue weighted by molar-refractivity contribution is -0.121. The summed E-state index contributed by atoms with van der Waals surface area (Å²) in [6, 6.07) is 4.56. The SMILES string of the molecule is Nc1ccc(OCCC(=O)NC2CC2)c(F)c1. The first-order valence-electron chi connectivity index (χ1n) is 5.62. The van der Waals surface area contributed by atoms with Crippen LogP contribution in [0.1, 0.15) is 19.3 Å². The Bertz CT molecular complexity index is 419. The first-order valence-corrected chi connectivity index (χ1v) is 5.62. The van der Waals surface area contributed by atoms with Crippen LogP contribution in [-0.2, 0) is 4.79 Å². The number of nitrogens with two attached hydrogens (primary N) is 1. The first kappa shape index (κ1) is 11.7. The van der Waals surface area contributed by atoms with Crippen molar-refractivity contribution in [2.24, 2.45) is 0 Å². The number of rotatable bonds is 5. The van der Waals surface area contributed by atoms with Crippen LogP contribution >= 0.6 is 0 Å². The molecule has 1 amide bonds. The maximum Gasteiger partial charge on any atom is 0.223 e. The van der Waals surface area contributed by atoms with Gasteiger partial charge in [-0.1, -0.05) is 0 Å². The topological polar surface area (TPSA) is 64.3 Å². The van der Waals surface area contributed by atoms with E-state index in [1.165, 1.54) is 12.1 Å². The normalized spacial score (nSPS) is 14.4. The number of hydrogen-bond acceptors (Lipinski definition) is 3. The maximum atomic E-state index is 13.3. The number of anilines is 1. The number of amides is 1. The van der Waals surface area contributed by atoms with Crippen LogP contribution in [0.3, 0.4) is 0 Å². The second-order valence-corrected chi connectivity index (χ2v) is 4.13. The summed E-state index contributed by atoms with van der Waals surface area (Å²) in [5.41, 5.74) is 5.75. The predicted octanol–water partition coefficient (Wildman–Crippen LogP) is 1.46. The molecule has 17 heavy (non-hydrogen) atoms. The van der Waals surface area contributed by atoms with E-state index in [-0.39, 0.29) is 24.7 Å². The smallest absolute Gasteiger partial charge is 0.223 e. The van der Waals surface area contributed by atoms with E-state index < -0.39 is 5.82 Å². The van der Waals surface area contributed by atoms with Crippen molar-refractivity contribution in [3.05, 3.63) is 24.0 Å². The molecule has 1 aromatic carbocycles. The Kier molecular flexibility index (Phi) is 3.46. The molecule has 0 aromatic heterocycles. The van der Waals surface area contributed by atoms with Crippen molar-refractivity contribution in [3.63, 3.8) is 0 Å². The molecule has 1 aliphatic carbocycles. The Morgan fingerprint density at radius 2 is 2.29 bits per heavy atom. The maximum absolute atomic E-state index is 13.3. The van der Waals surface area contributed by atoms with Gasteiger partial charge in [-0.25, -0.2) is 4.39 Å². The lowest BCUT2D eigenvalue weighted by Crippen LogP contribution is -2.26. The molecule has 0 unspecified atom stereocenters. The van der Waals surface area contributed by atoms with Crippen molar-refractivity contribution in [3.8, 4) is 5.75 Å². The molecule has 5 heteroatoms. The average molecular weight is 238 g/mol. The molecule has 1 aromatic rings. The quantitative estimate of drug-likeness (QED) is 0.763. The Morgan fingerprint density at radius 3 is 2.94 bits per heavy atom. The Labute approximate surface area is 98.9 Å². The highest BCUT2D eigenvalue weighted by Gasteiger charge is 2.22. The molecule has 0 atom stereocenters. The predicted molar refractivity (Wildman–Crippen MR) is 62.1 cm³/mol. The number of nitrogens with one attached hydrogen (secondary N) is 1. The van der Waals surface area contributed by atoms with Crippen molar-refractivity contribution in [1.29, 1.82) is 0 Å². The standard InChI is InChI=1S/C12H15FN2O2/c13-10-7-8(14)1-4-11(10)17-6-5-12(16)15-9-2-3-9/h1,4,7,9H,2-3,5-6,14H2,(H,15,16). The van der Waals surface area contributed by atoms with Gasteiger partial charge in [-0.2, -0.15) is 0 Å². The molecule has 2 rings (SSSR count). The van der Waals surface area contributed by atoms with Crippen LogP contribution < -0.4 is 15.8 Å². The van der Waals surface area contributed by atoms with E-state index in [0.717, 1.165) is 12.8 Å². The van der Waals surface area contributed by atoms with Crippen LogP contribution in [0.15, 0.2) is 18.2 Å². The molecule has 1 fully saturated rings. The van der Waals surface area contributed by atoms with Crippen LogP contribution in [0.25, 0.3) is 0 Å². The van der Waals surface area contributed by atoms with E-state index in [9.17, 15) is 9.18 Å². The lowest BCUT2D eigenvalue weighted by atomic mass is 10.3. The molecule has 92 valence electrons. The molecule has 0 heterocycles. The fourth-order valence-corrected chi connectivity index (χ4v) is 1.42. The van der Waals surface area contributed by atoms with Gasteiger partial charge < -0.3 is 15.8 Å². The minimum atomic E-state index is -0.507. The van der Waals surface area contributed by atoms with E-state index in [4.69, 9.17) is 10.5 Å². The fourth-order valence-electron chi connectivity index (χ4n) is 1.42. The number of carbonyl (C=O) groups excluding carboxylic acids is 1. The number of nitrogen functional groups attached to an aromatic ring is 1.